The van der Waals surface area contributed by atoms with E-state index >= 15 is 0 Å². The van der Waals surface area contributed by atoms with Crippen molar-refractivity contribution in [2.24, 2.45) is 0 Å². The highest BCUT2D eigenvalue weighted by atomic mass is 32.2. The van der Waals surface area contributed by atoms with Gasteiger partial charge in [0.1, 0.15) is 0 Å². The molecule has 0 saturated heterocycles. The first kappa shape index (κ1) is 11.5. The smallest absolute Gasteiger partial charge is 0.240 e. The molecule has 2 heterocycles. The first-order valence-electron chi connectivity index (χ1n) is 5.47. The molecule has 0 saturated carbocycles. The summed E-state index contributed by atoms with van der Waals surface area (Å²) in [7, 11) is -3.49. The molecule has 1 aromatic carbocycles. The van der Waals surface area contributed by atoms with Gasteiger partial charge >= 0.3 is 0 Å². The van der Waals surface area contributed by atoms with Crippen molar-refractivity contribution >= 4 is 31.6 Å². The Morgan fingerprint density at radius 2 is 1.83 bits per heavy atom. The predicted octanol–water partition coefficient (Wildman–Crippen LogP) is 3.25. The van der Waals surface area contributed by atoms with Crippen LogP contribution < -0.4 is 0 Å². The zero-order valence-corrected chi connectivity index (χ0v) is 11.3. The molecule has 0 amide bonds. The maximum atomic E-state index is 12.5. The molecule has 0 unspecified atom stereocenters. The highest BCUT2D eigenvalue weighted by Crippen LogP contribution is 2.28. The second kappa shape index (κ2) is 3.96. The van der Waals surface area contributed by atoms with E-state index < -0.39 is 10.0 Å². The van der Waals surface area contributed by atoms with Crippen molar-refractivity contribution in [3.05, 3.63) is 53.5 Å². The number of hydrogen-bond acceptors (Lipinski definition) is 3. The van der Waals surface area contributed by atoms with Crippen LogP contribution in [0.25, 0.3) is 10.2 Å². The summed E-state index contributed by atoms with van der Waals surface area (Å²) in [5, 5.41) is 0. The summed E-state index contributed by atoms with van der Waals surface area (Å²) in [5.74, 6) is 0. The maximum Gasteiger partial charge on any atom is 0.268 e. The Bertz CT molecular complexity index is 798. The summed E-state index contributed by atoms with van der Waals surface area (Å²) >= 11 is 1.60. The third-order valence-electron chi connectivity index (χ3n) is 2.76. The lowest BCUT2D eigenvalue weighted by atomic mass is 10.4. The highest BCUT2D eigenvalue weighted by molar-refractivity contribution is 7.90. The number of fused-ring (bicyclic) bond motifs is 1. The van der Waals surface area contributed by atoms with Gasteiger partial charge in [-0.3, -0.25) is 0 Å². The van der Waals surface area contributed by atoms with Gasteiger partial charge in [0, 0.05) is 11.1 Å². The van der Waals surface area contributed by atoms with Crippen LogP contribution in [0.5, 0.6) is 0 Å². The minimum Gasteiger partial charge on any atom is -0.240 e. The average Bonchev–Trinajstić information content (AvgIpc) is 2.88. The molecule has 3 rings (SSSR count). The van der Waals surface area contributed by atoms with Gasteiger partial charge in [-0.2, -0.15) is 0 Å². The summed E-state index contributed by atoms with van der Waals surface area (Å²) in [6.45, 7) is 1.98. The van der Waals surface area contributed by atoms with Crippen molar-refractivity contribution in [3.8, 4) is 0 Å². The summed E-state index contributed by atoms with van der Waals surface area (Å²) in [4.78, 5) is 1.42. The largest absolute Gasteiger partial charge is 0.268 e. The van der Waals surface area contributed by atoms with E-state index in [0.717, 1.165) is 15.1 Å². The molecule has 3 nitrogen and oxygen atoms in total. The molecule has 5 heteroatoms. The van der Waals surface area contributed by atoms with E-state index in [9.17, 15) is 8.42 Å². The Balaban J connectivity index is 2.26. The molecule has 18 heavy (non-hydrogen) atoms. The monoisotopic (exact) mass is 277 g/mol. The van der Waals surface area contributed by atoms with Gasteiger partial charge in [-0.15, -0.1) is 11.3 Å². The molecule has 3 aromatic rings. The van der Waals surface area contributed by atoms with Gasteiger partial charge < -0.3 is 0 Å². The number of aromatic nitrogens is 1. The molecule has 0 N–H and O–H groups in total. The van der Waals surface area contributed by atoms with Crippen LogP contribution in [0.15, 0.2) is 53.6 Å². The first-order chi connectivity index (χ1) is 8.59. The normalized spacial score (nSPS) is 12.1. The number of aryl methyl sites for hydroxylation is 1. The van der Waals surface area contributed by atoms with E-state index in [-0.39, 0.29) is 0 Å². The molecular formula is C13H11NO2S2. The molecule has 2 aromatic heterocycles. The fourth-order valence-electron chi connectivity index (χ4n) is 1.94. The molecular weight excluding hydrogens is 266 g/mol. The van der Waals surface area contributed by atoms with Gasteiger partial charge in [0.05, 0.1) is 15.1 Å². The number of rotatable bonds is 2. The van der Waals surface area contributed by atoms with Crippen LogP contribution in [0.4, 0.5) is 0 Å². The number of hydrogen-bond donors (Lipinski definition) is 0. The van der Waals surface area contributed by atoms with Crippen LogP contribution in [0, 0.1) is 6.92 Å². The van der Waals surface area contributed by atoms with Gasteiger partial charge in [0.2, 0.25) is 0 Å². The Morgan fingerprint density at radius 1 is 1.11 bits per heavy atom. The molecule has 0 radical (unpaired) electrons. The van der Waals surface area contributed by atoms with Crippen molar-refractivity contribution in [2.45, 2.75) is 11.8 Å². The number of benzene rings is 1. The zero-order valence-electron chi connectivity index (χ0n) is 9.70. The van der Waals surface area contributed by atoms with E-state index in [2.05, 4.69) is 0 Å². The van der Waals surface area contributed by atoms with Crippen LogP contribution in [0.3, 0.4) is 0 Å². The van der Waals surface area contributed by atoms with Crippen molar-refractivity contribution < 1.29 is 8.42 Å². The standard InChI is InChI=1S/C13H11NO2S2/c1-10-9-12-13(17-10)7-8-14(12)18(15,16)11-5-3-2-4-6-11/h2-9H,1H3. The third-order valence-corrected chi connectivity index (χ3v) is 5.47. The Hall–Kier alpha value is -1.59. The second-order valence-corrected chi connectivity index (χ2v) is 7.14. The van der Waals surface area contributed by atoms with Crippen LogP contribution in [0.2, 0.25) is 0 Å². The molecule has 0 atom stereocenters. The van der Waals surface area contributed by atoms with Crippen molar-refractivity contribution in [1.82, 2.24) is 3.97 Å². The molecule has 92 valence electrons. The lowest BCUT2D eigenvalue weighted by Gasteiger charge is -2.06. The fourth-order valence-corrected chi connectivity index (χ4v) is 4.27. The summed E-state index contributed by atoms with van der Waals surface area (Å²) in [6, 6.07) is 12.2. The van der Waals surface area contributed by atoms with Crippen LogP contribution >= 0.6 is 11.3 Å². The zero-order chi connectivity index (χ0) is 12.8. The lowest BCUT2D eigenvalue weighted by Crippen LogP contribution is -2.11. The predicted molar refractivity (Wildman–Crippen MR) is 73.6 cm³/mol. The van der Waals surface area contributed by atoms with Crippen molar-refractivity contribution in [3.63, 3.8) is 0 Å². The van der Waals surface area contributed by atoms with Crippen LogP contribution in [-0.4, -0.2) is 12.4 Å². The quantitative estimate of drug-likeness (QED) is 0.721. The van der Waals surface area contributed by atoms with Gasteiger partial charge in [-0.1, -0.05) is 18.2 Å². The lowest BCUT2D eigenvalue weighted by molar-refractivity contribution is 0.589. The highest BCUT2D eigenvalue weighted by Gasteiger charge is 2.19. The van der Waals surface area contributed by atoms with Crippen molar-refractivity contribution in [2.75, 3.05) is 0 Å². The molecule has 0 fully saturated rings. The number of nitrogens with zero attached hydrogens (tertiary/aromatic N) is 1. The van der Waals surface area contributed by atoms with E-state index in [1.54, 1.807) is 47.9 Å². The first-order valence-corrected chi connectivity index (χ1v) is 7.73. The second-order valence-electron chi connectivity index (χ2n) is 4.04. The number of thiophene rings is 1. The average molecular weight is 277 g/mol. The summed E-state index contributed by atoms with van der Waals surface area (Å²) < 4.78 is 27.3. The topological polar surface area (TPSA) is 39.1 Å². The molecule has 0 aliphatic rings. The molecule has 0 spiro atoms. The van der Waals surface area contributed by atoms with Gasteiger partial charge in [0.15, 0.2) is 0 Å². The fraction of sp³-hybridized carbons (Fsp3) is 0.0769. The summed E-state index contributed by atoms with van der Waals surface area (Å²) in [5.41, 5.74) is 0.751. The SMILES string of the molecule is Cc1cc2c(ccn2S(=O)(=O)c2ccccc2)s1. The molecule has 0 aliphatic heterocycles. The van der Waals surface area contributed by atoms with Gasteiger partial charge in [0.25, 0.3) is 10.0 Å². The Labute approximate surface area is 109 Å². The Morgan fingerprint density at radius 3 is 2.56 bits per heavy atom. The minimum absolute atomic E-state index is 0.311. The Kier molecular flexibility index (Phi) is 2.53. The van der Waals surface area contributed by atoms with E-state index in [1.807, 2.05) is 19.1 Å². The van der Waals surface area contributed by atoms with Crippen LogP contribution in [0.1, 0.15) is 4.88 Å². The summed E-state index contributed by atoms with van der Waals surface area (Å²) in [6.07, 6.45) is 1.61. The van der Waals surface area contributed by atoms with Crippen molar-refractivity contribution in [1.29, 1.82) is 0 Å². The molecule has 0 bridgehead atoms. The van der Waals surface area contributed by atoms with Crippen LogP contribution in [-0.2, 0) is 10.0 Å². The van der Waals surface area contributed by atoms with E-state index in [0.29, 0.717) is 4.90 Å². The molecule has 0 aliphatic carbocycles. The van der Waals surface area contributed by atoms with E-state index in [4.69, 9.17) is 0 Å². The minimum atomic E-state index is -3.49. The maximum absolute atomic E-state index is 12.5. The van der Waals surface area contributed by atoms with Gasteiger partial charge in [-0.25, -0.2) is 12.4 Å². The third kappa shape index (κ3) is 1.67. The van der Waals surface area contributed by atoms with Gasteiger partial charge in [-0.05, 0) is 31.2 Å². The van der Waals surface area contributed by atoms with E-state index in [1.165, 1.54) is 3.97 Å².